The van der Waals surface area contributed by atoms with Gasteiger partial charge in [-0.05, 0) is 30.3 Å². The van der Waals surface area contributed by atoms with Crippen LogP contribution >= 0.6 is 11.8 Å². The molecule has 0 aliphatic heterocycles. The number of carbonyl (C=O) groups is 1. The number of halogens is 1. The molecule has 6 heteroatoms. The van der Waals surface area contributed by atoms with Crippen molar-refractivity contribution in [1.82, 2.24) is 9.97 Å². The molecule has 0 radical (unpaired) electrons. The third-order valence-corrected chi connectivity index (χ3v) is 3.11. The van der Waals surface area contributed by atoms with Gasteiger partial charge in [0.1, 0.15) is 5.82 Å². The summed E-state index contributed by atoms with van der Waals surface area (Å²) in [5, 5.41) is 3.35. The first-order chi connectivity index (χ1) is 9.24. The lowest BCUT2D eigenvalue weighted by atomic mass is 10.3. The second kappa shape index (κ2) is 6.84. The first-order valence-corrected chi connectivity index (χ1v) is 6.68. The van der Waals surface area contributed by atoms with Crippen LogP contribution in [0.2, 0.25) is 0 Å². The highest BCUT2D eigenvalue weighted by atomic mass is 32.2. The first kappa shape index (κ1) is 13.5. The zero-order valence-electron chi connectivity index (χ0n) is 10.0. The molecule has 4 nitrogen and oxygen atoms in total. The maximum absolute atomic E-state index is 12.7. The maximum atomic E-state index is 12.7. The van der Waals surface area contributed by atoms with Crippen LogP contribution in [-0.4, -0.2) is 21.6 Å². The van der Waals surface area contributed by atoms with Gasteiger partial charge in [-0.2, -0.15) is 0 Å². The average Bonchev–Trinajstić information content (AvgIpc) is 2.43. The number of hydrogen-bond donors (Lipinski definition) is 1. The summed E-state index contributed by atoms with van der Waals surface area (Å²) >= 11 is 1.42. The molecule has 0 aliphatic rings. The van der Waals surface area contributed by atoms with Gasteiger partial charge in [-0.25, -0.2) is 14.4 Å². The Balaban J connectivity index is 1.74. The standard InChI is InChI=1S/C13H12FN3OS/c14-10-2-4-11(5-3-10)17-12(18)6-9-19-13-15-7-1-8-16-13/h1-5,7-8H,6,9H2,(H,17,18). The van der Waals surface area contributed by atoms with Crippen LogP contribution in [0.5, 0.6) is 0 Å². The molecule has 0 atom stereocenters. The highest BCUT2D eigenvalue weighted by Crippen LogP contribution is 2.13. The minimum atomic E-state index is -0.324. The van der Waals surface area contributed by atoms with Gasteiger partial charge >= 0.3 is 0 Å². The van der Waals surface area contributed by atoms with E-state index in [1.54, 1.807) is 18.5 Å². The lowest BCUT2D eigenvalue weighted by Crippen LogP contribution is -2.12. The van der Waals surface area contributed by atoms with E-state index in [0.717, 1.165) is 0 Å². The molecule has 0 spiro atoms. The Kier molecular flexibility index (Phi) is 4.85. The van der Waals surface area contributed by atoms with Crippen molar-refractivity contribution in [2.24, 2.45) is 0 Å². The van der Waals surface area contributed by atoms with Gasteiger partial charge in [-0.15, -0.1) is 0 Å². The summed E-state index contributed by atoms with van der Waals surface area (Å²) in [6, 6.07) is 7.41. The zero-order chi connectivity index (χ0) is 13.5. The molecule has 2 rings (SSSR count). The molecular weight excluding hydrogens is 265 g/mol. The second-order valence-electron chi connectivity index (χ2n) is 3.68. The summed E-state index contributed by atoms with van der Waals surface area (Å²) in [6.45, 7) is 0. The predicted molar refractivity (Wildman–Crippen MR) is 72.4 cm³/mol. The van der Waals surface area contributed by atoms with Crippen molar-refractivity contribution in [2.75, 3.05) is 11.1 Å². The Morgan fingerprint density at radius 1 is 1.21 bits per heavy atom. The Hall–Kier alpha value is -1.95. The van der Waals surface area contributed by atoms with Crippen LogP contribution in [0.25, 0.3) is 0 Å². The topological polar surface area (TPSA) is 54.9 Å². The number of amides is 1. The fourth-order valence-electron chi connectivity index (χ4n) is 1.35. The van der Waals surface area contributed by atoms with Gasteiger partial charge in [0.15, 0.2) is 5.16 Å². The second-order valence-corrected chi connectivity index (χ2v) is 4.75. The van der Waals surface area contributed by atoms with Crippen molar-refractivity contribution in [3.63, 3.8) is 0 Å². The van der Waals surface area contributed by atoms with Gasteiger partial charge in [0.25, 0.3) is 0 Å². The highest BCUT2D eigenvalue weighted by molar-refractivity contribution is 7.99. The third kappa shape index (κ3) is 4.67. The van der Waals surface area contributed by atoms with Gasteiger partial charge in [0.05, 0.1) is 0 Å². The molecule has 0 saturated heterocycles. The minimum Gasteiger partial charge on any atom is -0.326 e. The van der Waals surface area contributed by atoms with Crippen molar-refractivity contribution in [2.45, 2.75) is 11.6 Å². The molecule has 0 aliphatic carbocycles. The molecule has 1 N–H and O–H groups in total. The predicted octanol–water partition coefficient (Wildman–Crippen LogP) is 2.74. The Morgan fingerprint density at radius 3 is 2.58 bits per heavy atom. The van der Waals surface area contributed by atoms with Crippen LogP contribution in [-0.2, 0) is 4.79 Å². The summed E-state index contributed by atoms with van der Waals surface area (Å²) in [5.41, 5.74) is 0.590. The molecule has 1 heterocycles. The molecule has 1 aromatic heterocycles. The summed E-state index contributed by atoms with van der Waals surface area (Å²) < 4.78 is 12.7. The summed E-state index contributed by atoms with van der Waals surface area (Å²) in [7, 11) is 0. The number of aromatic nitrogens is 2. The molecule has 0 unspecified atom stereocenters. The number of nitrogens with one attached hydrogen (secondary N) is 1. The summed E-state index contributed by atoms with van der Waals surface area (Å²) in [4.78, 5) is 19.7. The van der Waals surface area contributed by atoms with Gasteiger partial charge in [0, 0.05) is 30.3 Å². The molecular formula is C13H12FN3OS. The number of benzene rings is 1. The molecule has 2 aromatic rings. The van der Waals surface area contributed by atoms with Crippen LogP contribution in [0.3, 0.4) is 0 Å². The Morgan fingerprint density at radius 2 is 1.89 bits per heavy atom. The number of nitrogens with zero attached hydrogens (tertiary/aromatic N) is 2. The maximum Gasteiger partial charge on any atom is 0.225 e. The van der Waals surface area contributed by atoms with E-state index in [9.17, 15) is 9.18 Å². The molecule has 19 heavy (non-hydrogen) atoms. The summed E-state index contributed by atoms with van der Waals surface area (Å²) in [5.74, 6) is 0.154. The van der Waals surface area contributed by atoms with Crippen LogP contribution in [0.1, 0.15) is 6.42 Å². The molecule has 0 saturated carbocycles. The van der Waals surface area contributed by atoms with Crippen molar-refractivity contribution < 1.29 is 9.18 Å². The monoisotopic (exact) mass is 277 g/mol. The number of rotatable bonds is 5. The van der Waals surface area contributed by atoms with Crippen LogP contribution in [0.4, 0.5) is 10.1 Å². The van der Waals surface area contributed by atoms with Crippen molar-refractivity contribution in [3.8, 4) is 0 Å². The fourth-order valence-corrected chi connectivity index (χ4v) is 2.09. The van der Waals surface area contributed by atoms with Gasteiger partial charge in [-0.3, -0.25) is 4.79 Å². The molecule has 98 valence electrons. The number of anilines is 1. The van der Waals surface area contributed by atoms with Crippen LogP contribution < -0.4 is 5.32 Å². The average molecular weight is 277 g/mol. The highest BCUT2D eigenvalue weighted by Gasteiger charge is 2.04. The SMILES string of the molecule is O=C(CCSc1ncccn1)Nc1ccc(F)cc1. The summed E-state index contributed by atoms with van der Waals surface area (Å²) in [6.07, 6.45) is 3.67. The van der Waals surface area contributed by atoms with E-state index in [2.05, 4.69) is 15.3 Å². The lowest BCUT2D eigenvalue weighted by Gasteiger charge is -2.04. The van der Waals surface area contributed by atoms with E-state index in [1.807, 2.05) is 0 Å². The molecule has 1 aromatic carbocycles. The van der Waals surface area contributed by atoms with Crippen LogP contribution in [0.15, 0.2) is 47.9 Å². The van der Waals surface area contributed by atoms with E-state index in [1.165, 1.54) is 36.0 Å². The lowest BCUT2D eigenvalue weighted by molar-refractivity contribution is -0.115. The minimum absolute atomic E-state index is 0.116. The largest absolute Gasteiger partial charge is 0.326 e. The molecule has 0 fully saturated rings. The molecule has 1 amide bonds. The van der Waals surface area contributed by atoms with Crippen molar-refractivity contribution in [3.05, 3.63) is 48.5 Å². The van der Waals surface area contributed by atoms with Crippen molar-refractivity contribution in [1.29, 1.82) is 0 Å². The van der Waals surface area contributed by atoms with Gasteiger partial charge < -0.3 is 5.32 Å². The third-order valence-electron chi connectivity index (χ3n) is 2.23. The zero-order valence-corrected chi connectivity index (χ0v) is 10.9. The van der Waals surface area contributed by atoms with E-state index < -0.39 is 0 Å². The van der Waals surface area contributed by atoms with E-state index in [4.69, 9.17) is 0 Å². The smallest absolute Gasteiger partial charge is 0.225 e. The normalized spacial score (nSPS) is 10.2. The van der Waals surface area contributed by atoms with E-state index in [-0.39, 0.29) is 11.7 Å². The quantitative estimate of drug-likeness (QED) is 0.674. The van der Waals surface area contributed by atoms with E-state index in [0.29, 0.717) is 23.0 Å². The number of thioether (sulfide) groups is 1. The van der Waals surface area contributed by atoms with E-state index >= 15 is 0 Å². The number of hydrogen-bond acceptors (Lipinski definition) is 4. The fraction of sp³-hybridized carbons (Fsp3) is 0.154. The number of carbonyl (C=O) groups excluding carboxylic acids is 1. The Bertz CT molecular complexity index is 533. The molecule has 0 bridgehead atoms. The Labute approximate surface area is 114 Å². The van der Waals surface area contributed by atoms with Gasteiger partial charge in [0.2, 0.25) is 5.91 Å². The van der Waals surface area contributed by atoms with Crippen LogP contribution in [0, 0.1) is 5.82 Å². The van der Waals surface area contributed by atoms with Crippen molar-refractivity contribution >= 4 is 23.4 Å². The van der Waals surface area contributed by atoms with Gasteiger partial charge in [-0.1, -0.05) is 11.8 Å². The first-order valence-electron chi connectivity index (χ1n) is 5.69.